The number of nitrogens with zero attached hydrogens (tertiary/aromatic N) is 4. The average Bonchev–Trinajstić information content (AvgIpc) is 3.09. The highest BCUT2D eigenvalue weighted by Gasteiger charge is 2.37. The molecule has 0 spiro atoms. The molecular formula is C13H17N5O5S. The minimum atomic E-state index is -3.68. The highest BCUT2D eigenvalue weighted by molar-refractivity contribution is 7.86. The molecule has 0 amide bonds. The Morgan fingerprint density at radius 3 is 3.04 bits per heavy atom. The summed E-state index contributed by atoms with van der Waals surface area (Å²) in [4.78, 5) is 12.1. The number of rotatable bonds is 6. The van der Waals surface area contributed by atoms with E-state index in [0.717, 1.165) is 0 Å². The summed E-state index contributed by atoms with van der Waals surface area (Å²) in [6.07, 6.45) is 1.98. The first-order valence-electron chi connectivity index (χ1n) is 7.16. The first-order chi connectivity index (χ1) is 11.4. The highest BCUT2D eigenvalue weighted by atomic mass is 32.2. The molecule has 2 aromatic heterocycles. The van der Waals surface area contributed by atoms with Gasteiger partial charge in [0.2, 0.25) is 0 Å². The minimum Gasteiger partial charge on any atom is -0.388 e. The summed E-state index contributed by atoms with van der Waals surface area (Å²) < 4.78 is 35.2. The van der Waals surface area contributed by atoms with Gasteiger partial charge in [-0.25, -0.2) is 15.0 Å². The molecule has 24 heavy (non-hydrogen) atoms. The zero-order chi connectivity index (χ0) is 17.3. The van der Waals surface area contributed by atoms with Crippen LogP contribution >= 0.6 is 0 Å². The average molecular weight is 355 g/mol. The lowest BCUT2D eigenvalue weighted by Crippen LogP contribution is -2.20. The second-order valence-corrected chi connectivity index (χ2v) is 7.02. The Morgan fingerprint density at radius 2 is 2.29 bits per heavy atom. The van der Waals surface area contributed by atoms with E-state index in [1.54, 1.807) is 0 Å². The van der Waals surface area contributed by atoms with Gasteiger partial charge in [0.1, 0.15) is 17.9 Å². The number of anilines is 1. The number of aliphatic hydroxyl groups is 1. The Morgan fingerprint density at radius 1 is 1.50 bits per heavy atom. The van der Waals surface area contributed by atoms with E-state index in [0.29, 0.717) is 11.2 Å². The number of hydrogen-bond donors (Lipinski definition) is 2. The van der Waals surface area contributed by atoms with Crippen LogP contribution in [0.3, 0.4) is 0 Å². The van der Waals surface area contributed by atoms with Crippen LogP contribution in [0.4, 0.5) is 5.82 Å². The van der Waals surface area contributed by atoms with Gasteiger partial charge in [0.25, 0.3) is 10.1 Å². The number of hydrogen-bond acceptors (Lipinski definition) is 9. The number of nitrogen functional groups attached to an aromatic ring is 1. The Hall–Kier alpha value is -2.08. The van der Waals surface area contributed by atoms with Crippen LogP contribution in [0.1, 0.15) is 12.6 Å². The molecule has 0 radical (unpaired) electrons. The fraction of sp³-hybridized carbons (Fsp3) is 0.462. The normalized spacial score (nSPS) is 24.5. The lowest BCUT2D eigenvalue weighted by molar-refractivity contribution is -0.0451. The standard InChI is InChI=1S/C13H17N5O5S/c1-2-3-24(20,21)22-5-8-4-9(19)13(23-8)18-7-17-10-11(14)15-6-16-12(10)18/h2,6-9,13,19H,1,3-5H2,(H2,14,15,16)/t8-,9+,13+/m0/s1. The summed E-state index contributed by atoms with van der Waals surface area (Å²) in [5.41, 5.74) is 6.56. The molecule has 3 atom stereocenters. The second kappa shape index (κ2) is 6.43. The summed E-state index contributed by atoms with van der Waals surface area (Å²) in [6.45, 7) is 3.17. The summed E-state index contributed by atoms with van der Waals surface area (Å²) >= 11 is 0. The quantitative estimate of drug-likeness (QED) is 0.522. The largest absolute Gasteiger partial charge is 0.388 e. The summed E-state index contributed by atoms with van der Waals surface area (Å²) in [6, 6.07) is 0. The maximum atomic E-state index is 11.5. The molecular weight excluding hydrogens is 338 g/mol. The van der Waals surface area contributed by atoms with E-state index in [4.69, 9.17) is 14.7 Å². The third kappa shape index (κ3) is 3.24. The van der Waals surface area contributed by atoms with E-state index in [-0.39, 0.29) is 24.6 Å². The Bertz CT molecular complexity index is 852. The van der Waals surface area contributed by atoms with E-state index in [2.05, 4.69) is 21.5 Å². The van der Waals surface area contributed by atoms with Crippen molar-refractivity contribution in [2.24, 2.45) is 0 Å². The lowest BCUT2D eigenvalue weighted by atomic mass is 10.2. The maximum absolute atomic E-state index is 11.5. The Labute approximate surface area is 138 Å². The van der Waals surface area contributed by atoms with Crippen molar-refractivity contribution < 1.29 is 22.4 Å². The molecule has 1 aliphatic heterocycles. The van der Waals surface area contributed by atoms with Crippen LogP contribution in [0.15, 0.2) is 25.3 Å². The molecule has 10 nitrogen and oxygen atoms in total. The van der Waals surface area contributed by atoms with E-state index in [9.17, 15) is 13.5 Å². The van der Waals surface area contributed by atoms with Gasteiger partial charge in [-0.2, -0.15) is 8.42 Å². The van der Waals surface area contributed by atoms with Gasteiger partial charge in [-0.05, 0) is 0 Å². The van der Waals surface area contributed by atoms with Gasteiger partial charge in [0.05, 0.1) is 24.8 Å². The van der Waals surface area contributed by atoms with Crippen molar-refractivity contribution in [1.82, 2.24) is 19.5 Å². The summed E-state index contributed by atoms with van der Waals surface area (Å²) in [5.74, 6) is -0.0599. The number of imidazole rings is 1. The SMILES string of the molecule is C=CCS(=O)(=O)OC[C@@H]1C[C@@H](O)[C@H](n2cnc3c(N)ncnc32)O1. The first-order valence-corrected chi connectivity index (χ1v) is 8.73. The van der Waals surface area contributed by atoms with Crippen molar-refractivity contribution in [1.29, 1.82) is 0 Å². The van der Waals surface area contributed by atoms with Crippen molar-refractivity contribution in [3.8, 4) is 0 Å². The smallest absolute Gasteiger partial charge is 0.271 e. The van der Waals surface area contributed by atoms with Crippen LogP contribution in [-0.4, -0.2) is 57.6 Å². The van der Waals surface area contributed by atoms with Gasteiger partial charge in [-0.3, -0.25) is 8.75 Å². The van der Waals surface area contributed by atoms with Gasteiger partial charge in [0, 0.05) is 6.42 Å². The third-order valence-electron chi connectivity index (χ3n) is 3.58. The molecule has 0 unspecified atom stereocenters. The minimum absolute atomic E-state index is 0.187. The second-order valence-electron chi connectivity index (χ2n) is 5.33. The predicted molar refractivity (Wildman–Crippen MR) is 84.2 cm³/mol. The van der Waals surface area contributed by atoms with E-state index in [1.165, 1.54) is 23.3 Å². The van der Waals surface area contributed by atoms with Crippen LogP contribution < -0.4 is 5.73 Å². The van der Waals surface area contributed by atoms with E-state index < -0.39 is 28.6 Å². The molecule has 1 saturated heterocycles. The molecule has 1 fully saturated rings. The first kappa shape index (κ1) is 16.8. The van der Waals surface area contributed by atoms with Crippen LogP contribution in [0.25, 0.3) is 11.2 Å². The number of nitrogens with two attached hydrogens (primary N) is 1. The molecule has 0 bridgehead atoms. The van der Waals surface area contributed by atoms with E-state index >= 15 is 0 Å². The van der Waals surface area contributed by atoms with Crippen LogP contribution in [-0.2, 0) is 19.0 Å². The monoisotopic (exact) mass is 355 g/mol. The van der Waals surface area contributed by atoms with Crippen LogP contribution in [0, 0.1) is 0 Å². The molecule has 130 valence electrons. The van der Waals surface area contributed by atoms with Gasteiger partial charge in [-0.1, -0.05) is 6.08 Å². The fourth-order valence-corrected chi connectivity index (χ4v) is 3.26. The van der Waals surface area contributed by atoms with E-state index in [1.807, 2.05) is 0 Å². The van der Waals surface area contributed by atoms with Crippen molar-refractivity contribution in [2.75, 3.05) is 18.1 Å². The van der Waals surface area contributed by atoms with Crippen molar-refractivity contribution in [2.45, 2.75) is 24.9 Å². The fourth-order valence-electron chi connectivity index (χ4n) is 2.52. The van der Waals surface area contributed by atoms with Crippen molar-refractivity contribution in [3.05, 3.63) is 25.3 Å². The third-order valence-corrected chi connectivity index (χ3v) is 4.72. The van der Waals surface area contributed by atoms with Crippen LogP contribution in [0.5, 0.6) is 0 Å². The molecule has 0 aromatic carbocycles. The highest BCUT2D eigenvalue weighted by Crippen LogP contribution is 2.31. The molecule has 3 rings (SSSR count). The number of fused-ring (bicyclic) bond motifs is 1. The topological polar surface area (TPSA) is 142 Å². The Kier molecular flexibility index (Phi) is 4.49. The number of aromatic nitrogens is 4. The predicted octanol–water partition coefficient (Wildman–Crippen LogP) is -0.411. The maximum Gasteiger partial charge on any atom is 0.271 e. The summed E-state index contributed by atoms with van der Waals surface area (Å²) in [7, 11) is -3.68. The molecule has 2 aromatic rings. The van der Waals surface area contributed by atoms with Gasteiger partial charge in [0.15, 0.2) is 17.7 Å². The number of ether oxygens (including phenoxy) is 1. The zero-order valence-electron chi connectivity index (χ0n) is 12.6. The molecule has 1 aliphatic rings. The van der Waals surface area contributed by atoms with Gasteiger partial charge in [-0.15, -0.1) is 6.58 Å². The molecule has 0 aliphatic carbocycles. The molecule has 11 heteroatoms. The molecule has 3 N–H and O–H groups in total. The van der Waals surface area contributed by atoms with Crippen LogP contribution in [0.2, 0.25) is 0 Å². The Balaban J connectivity index is 1.74. The lowest BCUT2D eigenvalue weighted by Gasteiger charge is -2.16. The van der Waals surface area contributed by atoms with Gasteiger partial charge < -0.3 is 15.6 Å². The summed E-state index contributed by atoms with van der Waals surface area (Å²) in [5, 5.41) is 10.2. The van der Waals surface area contributed by atoms with Gasteiger partial charge >= 0.3 is 0 Å². The van der Waals surface area contributed by atoms with Crippen molar-refractivity contribution >= 4 is 27.1 Å². The van der Waals surface area contributed by atoms with Crippen molar-refractivity contribution in [3.63, 3.8) is 0 Å². The zero-order valence-corrected chi connectivity index (χ0v) is 13.5. The number of aliphatic hydroxyl groups excluding tert-OH is 1. The molecule has 0 saturated carbocycles. The molecule has 3 heterocycles.